The molecule has 0 N–H and O–H groups in total. The molecule has 1 heterocycles. The minimum atomic E-state index is 0.390. The summed E-state index contributed by atoms with van der Waals surface area (Å²) in [7, 11) is 0. The van der Waals surface area contributed by atoms with Gasteiger partial charge in [0.25, 0.3) is 0 Å². The van der Waals surface area contributed by atoms with Crippen molar-refractivity contribution >= 4 is 11.5 Å². The Labute approximate surface area is 114 Å². The highest BCUT2D eigenvalue weighted by atomic mass is 15.2. The Morgan fingerprint density at radius 3 is 2.26 bits per heavy atom. The molecule has 19 heavy (non-hydrogen) atoms. The fourth-order valence-electron chi connectivity index (χ4n) is 2.73. The van der Waals surface area contributed by atoms with E-state index in [4.69, 9.17) is 0 Å². The molecule has 0 fully saturated rings. The van der Waals surface area contributed by atoms with E-state index in [0.717, 1.165) is 18.8 Å². The maximum absolute atomic E-state index is 4.61. The monoisotopic (exact) mass is 250 g/mol. The number of para-hydroxylation sites is 1. The first-order valence-electron chi connectivity index (χ1n) is 6.76. The number of aliphatic imine (C=N–C) groups is 1. The van der Waals surface area contributed by atoms with Gasteiger partial charge in [-0.25, -0.2) is 0 Å². The molecule has 0 saturated carbocycles. The van der Waals surface area contributed by atoms with Gasteiger partial charge in [-0.1, -0.05) is 48.5 Å². The van der Waals surface area contributed by atoms with E-state index >= 15 is 0 Å². The molecule has 1 aliphatic heterocycles. The van der Waals surface area contributed by atoms with Crippen LogP contribution in [0.15, 0.2) is 65.7 Å². The number of nitrogens with zero attached hydrogens (tertiary/aromatic N) is 2. The van der Waals surface area contributed by atoms with E-state index < -0.39 is 0 Å². The fraction of sp³-hybridized carbons (Fsp3) is 0.235. The summed E-state index contributed by atoms with van der Waals surface area (Å²) in [5, 5.41) is 0. The highest BCUT2D eigenvalue weighted by molar-refractivity contribution is 5.97. The zero-order chi connectivity index (χ0) is 13.1. The van der Waals surface area contributed by atoms with Gasteiger partial charge in [0.2, 0.25) is 0 Å². The molecule has 96 valence electrons. The van der Waals surface area contributed by atoms with Crippen LogP contribution in [-0.4, -0.2) is 12.4 Å². The van der Waals surface area contributed by atoms with Crippen molar-refractivity contribution in [3.8, 4) is 0 Å². The van der Waals surface area contributed by atoms with Crippen LogP contribution < -0.4 is 4.90 Å². The lowest BCUT2D eigenvalue weighted by atomic mass is 9.99. The van der Waals surface area contributed by atoms with Crippen LogP contribution in [0.2, 0.25) is 0 Å². The van der Waals surface area contributed by atoms with Gasteiger partial charge in [0.1, 0.15) is 5.84 Å². The topological polar surface area (TPSA) is 15.6 Å². The third kappa shape index (κ3) is 2.39. The molecule has 2 heteroatoms. The van der Waals surface area contributed by atoms with Crippen molar-refractivity contribution in [3.63, 3.8) is 0 Å². The molecule has 0 spiro atoms. The van der Waals surface area contributed by atoms with Crippen molar-refractivity contribution in [2.75, 3.05) is 11.4 Å². The molecule has 0 saturated heterocycles. The predicted molar refractivity (Wildman–Crippen MR) is 80.7 cm³/mol. The van der Waals surface area contributed by atoms with Gasteiger partial charge in [-0.3, -0.25) is 4.99 Å². The normalized spacial score (nSPS) is 19.1. The minimum absolute atomic E-state index is 0.390. The maximum atomic E-state index is 4.61. The average Bonchev–Trinajstić information content (AvgIpc) is 2.49. The van der Waals surface area contributed by atoms with Gasteiger partial charge in [0, 0.05) is 12.2 Å². The second kappa shape index (κ2) is 5.27. The molecule has 3 rings (SSSR count). The molecule has 2 aromatic carbocycles. The summed E-state index contributed by atoms with van der Waals surface area (Å²) >= 11 is 0. The predicted octanol–water partition coefficient (Wildman–Crippen LogP) is 4.06. The lowest BCUT2D eigenvalue weighted by Gasteiger charge is -2.36. The Kier molecular flexibility index (Phi) is 3.32. The van der Waals surface area contributed by atoms with Crippen LogP contribution in [0.5, 0.6) is 0 Å². The van der Waals surface area contributed by atoms with Gasteiger partial charge in [-0.2, -0.15) is 0 Å². The smallest absolute Gasteiger partial charge is 0.101 e. The summed E-state index contributed by atoms with van der Waals surface area (Å²) in [6.45, 7) is 3.01. The first kappa shape index (κ1) is 12.0. The van der Waals surface area contributed by atoms with E-state index in [-0.39, 0.29) is 0 Å². The van der Waals surface area contributed by atoms with Gasteiger partial charge in [0.15, 0.2) is 0 Å². The SMILES string of the molecule is CC1=NCCC(c2ccccc2)N1c1ccccc1. The van der Waals surface area contributed by atoms with Crippen LogP contribution in [0.3, 0.4) is 0 Å². The van der Waals surface area contributed by atoms with Crippen LogP contribution in [-0.2, 0) is 0 Å². The number of anilines is 1. The van der Waals surface area contributed by atoms with E-state index in [2.05, 4.69) is 77.5 Å². The molecule has 0 bridgehead atoms. The van der Waals surface area contributed by atoms with Gasteiger partial charge >= 0.3 is 0 Å². The van der Waals surface area contributed by atoms with E-state index in [0.29, 0.717) is 6.04 Å². The molecule has 2 aromatic rings. The van der Waals surface area contributed by atoms with E-state index in [1.54, 1.807) is 0 Å². The van der Waals surface area contributed by atoms with E-state index in [1.807, 2.05) is 0 Å². The van der Waals surface area contributed by atoms with Gasteiger partial charge < -0.3 is 4.90 Å². The van der Waals surface area contributed by atoms with Gasteiger partial charge in [0.05, 0.1) is 6.04 Å². The van der Waals surface area contributed by atoms with Crippen LogP contribution >= 0.6 is 0 Å². The van der Waals surface area contributed by atoms with Crippen LogP contribution in [0, 0.1) is 0 Å². The summed E-state index contributed by atoms with van der Waals surface area (Å²) in [4.78, 5) is 6.95. The van der Waals surface area contributed by atoms with Crippen LogP contribution in [0.25, 0.3) is 0 Å². The Bertz CT molecular complexity index is 560. The Morgan fingerprint density at radius 1 is 0.947 bits per heavy atom. The summed E-state index contributed by atoms with van der Waals surface area (Å²) in [6.07, 6.45) is 1.07. The maximum Gasteiger partial charge on any atom is 0.101 e. The van der Waals surface area contributed by atoms with Crippen molar-refractivity contribution in [2.45, 2.75) is 19.4 Å². The molecule has 2 nitrogen and oxygen atoms in total. The largest absolute Gasteiger partial charge is 0.323 e. The molecule has 0 radical (unpaired) electrons. The number of hydrogen-bond donors (Lipinski definition) is 0. The molecular weight excluding hydrogens is 232 g/mol. The molecular formula is C17H18N2. The van der Waals surface area contributed by atoms with Crippen LogP contribution in [0.1, 0.15) is 24.9 Å². The molecule has 0 amide bonds. The van der Waals surface area contributed by atoms with Gasteiger partial charge in [-0.15, -0.1) is 0 Å². The third-order valence-corrected chi connectivity index (χ3v) is 3.62. The Morgan fingerprint density at radius 2 is 1.58 bits per heavy atom. The summed E-state index contributed by atoms with van der Waals surface area (Å²) < 4.78 is 0. The molecule has 0 aromatic heterocycles. The number of rotatable bonds is 2. The van der Waals surface area contributed by atoms with Crippen molar-refractivity contribution in [1.82, 2.24) is 0 Å². The van der Waals surface area contributed by atoms with E-state index in [1.165, 1.54) is 11.3 Å². The lowest BCUT2D eigenvalue weighted by Crippen LogP contribution is -2.37. The van der Waals surface area contributed by atoms with E-state index in [9.17, 15) is 0 Å². The van der Waals surface area contributed by atoms with Gasteiger partial charge in [-0.05, 0) is 31.0 Å². The standard InChI is InChI=1S/C17H18N2/c1-14-18-13-12-17(15-8-4-2-5-9-15)19(14)16-10-6-3-7-11-16/h2-11,17H,12-13H2,1H3. The fourth-order valence-corrected chi connectivity index (χ4v) is 2.73. The quantitative estimate of drug-likeness (QED) is 0.785. The summed E-state index contributed by atoms with van der Waals surface area (Å²) in [5.74, 6) is 1.10. The van der Waals surface area contributed by atoms with Crippen molar-refractivity contribution in [3.05, 3.63) is 66.2 Å². The zero-order valence-corrected chi connectivity index (χ0v) is 11.2. The first-order valence-corrected chi connectivity index (χ1v) is 6.76. The summed E-state index contributed by atoms with van der Waals surface area (Å²) in [6, 6.07) is 21.6. The number of hydrogen-bond acceptors (Lipinski definition) is 2. The highest BCUT2D eigenvalue weighted by Gasteiger charge is 2.25. The Hall–Kier alpha value is -2.09. The van der Waals surface area contributed by atoms with Crippen molar-refractivity contribution in [1.29, 1.82) is 0 Å². The summed E-state index contributed by atoms with van der Waals surface area (Å²) in [5.41, 5.74) is 2.58. The average molecular weight is 250 g/mol. The zero-order valence-electron chi connectivity index (χ0n) is 11.2. The van der Waals surface area contributed by atoms with Crippen molar-refractivity contribution in [2.24, 2.45) is 4.99 Å². The molecule has 0 aliphatic carbocycles. The first-order chi connectivity index (χ1) is 9.36. The third-order valence-electron chi connectivity index (χ3n) is 3.62. The van der Waals surface area contributed by atoms with Crippen LogP contribution in [0.4, 0.5) is 5.69 Å². The lowest BCUT2D eigenvalue weighted by molar-refractivity contribution is 0.624. The molecule has 1 unspecified atom stereocenters. The molecule has 1 atom stereocenters. The van der Waals surface area contributed by atoms with Crippen molar-refractivity contribution < 1.29 is 0 Å². The highest BCUT2D eigenvalue weighted by Crippen LogP contribution is 2.32. The Balaban J connectivity index is 2.02. The number of amidine groups is 1. The second-order valence-electron chi connectivity index (χ2n) is 4.85. The second-order valence-corrected chi connectivity index (χ2v) is 4.85. The molecule has 1 aliphatic rings. The minimum Gasteiger partial charge on any atom is -0.323 e. The number of benzene rings is 2.